The summed E-state index contributed by atoms with van der Waals surface area (Å²) in [5.74, 6) is 3.04. The van der Waals surface area contributed by atoms with Crippen molar-refractivity contribution in [3.8, 4) is 11.5 Å². The highest BCUT2D eigenvalue weighted by Gasteiger charge is 2.59. The highest BCUT2D eigenvalue weighted by atomic mass is 127. The lowest BCUT2D eigenvalue weighted by Crippen LogP contribution is -2.67. The molecule has 3 atom stereocenters. The van der Waals surface area contributed by atoms with Crippen LogP contribution in [0.1, 0.15) is 38.3 Å². The van der Waals surface area contributed by atoms with Crippen molar-refractivity contribution >= 4 is 29.9 Å². The van der Waals surface area contributed by atoms with Gasteiger partial charge < -0.3 is 24.4 Å². The lowest BCUT2D eigenvalue weighted by atomic mass is 9.57. The molecule has 164 valence electrons. The molecule has 0 aromatic heterocycles. The second-order valence-corrected chi connectivity index (χ2v) is 8.47. The zero-order valence-electron chi connectivity index (χ0n) is 18.7. The molecule has 0 amide bonds. The van der Waals surface area contributed by atoms with E-state index < -0.39 is 0 Å². The first-order valence-electron chi connectivity index (χ1n) is 10.2. The van der Waals surface area contributed by atoms with Gasteiger partial charge in [0.25, 0.3) is 0 Å². The van der Waals surface area contributed by atoms with E-state index in [1.807, 2.05) is 6.07 Å². The quantitative estimate of drug-likeness (QED) is 0.353. The van der Waals surface area contributed by atoms with Crippen molar-refractivity contribution in [3.05, 3.63) is 23.3 Å². The Balaban J connectivity index is 0.00000300. The van der Waals surface area contributed by atoms with Gasteiger partial charge in [-0.25, -0.2) is 0 Å². The highest BCUT2D eigenvalue weighted by Crippen LogP contribution is 2.52. The van der Waals surface area contributed by atoms with E-state index in [1.54, 1.807) is 14.2 Å². The number of aliphatic imine (C=N–C) groups is 1. The minimum absolute atomic E-state index is 0. The number of hydrogen-bond acceptors (Lipinski definition) is 4. The second-order valence-electron chi connectivity index (χ2n) is 8.47. The van der Waals surface area contributed by atoms with Gasteiger partial charge in [-0.05, 0) is 43.5 Å². The molecule has 1 saturated carbocycles. The van der Waals surface area contributed by atoms with Gasteiger partial charge in [0, 0.05) is 44.1 Å². The van der Waals surface area contributed by atoms with Crippen molar-refractivity contribution in [1.82, 2.24) is 10.2 Å². The number of ether oxygens (including phenoxy) is 3. The highest BCUT2D eigenvalue weighted by molar-refractivity contribution is 14.0. The van der Waals surface area contributed by atoms with Gasteiger partial charge in [-0.3, -0.25) is 4.99 Å². The monoisotopic (exact) mass is 517 g/mol. The SMILES string of the molecule is CCN=C(NC1C2CCOC2C1(C)C)N(C)Cc1cc(OC)c(OC)cc1C.I. The van der Waals surface area contributed by atoms with Gasteiger partial charge in [0.15, 0.2) is 17.5 Å². The number of hydrogen-bond donors (Lipinski definition) is 1. The smallest absolute Gasteiger partial charge is 0.194 e. The first-order chi connectivity index (χ1) is 13.3. The van der Waals surface area contributed by atoms with Crippen molar-refractivity contribution < 1.29 is 14.2 Å². The van der Waals surface area contributed by atoms with Crippen LogP contribution in [0.3, 0.4) is 0 Å². The molecule has 3 unspecified atom stereocenters. The Morgan fingerprint density at radius 2 is 1.93 bits per heavy atom. The van der Waals surface area contributed by atoms with Crippen molar-refractivity contribution in [2.45, 2.75) is 52.8 Å². The Morgan fingerprint density at radius 1 is 1.28 bits per heavy atom. The third-order valence-corrected chi connectivity index (χ3v) is 6.30. The number of benzene rings is 1. The Hall–Kier alpha value is -1.22. The minimum Gasteiger partial charge on any atom is -0.493 e. The van der Waals surface area contributed by atoms with Crippen LogP contribution in [0.4, 0.5) is 0 Å². The molecule has 1 aromatic carbocycles. The number of fused-ring (bicyclic) bond motifs is 1. The molecule has 1 N–H and O–H groups in total. The van der Waals surface area contributed by atoms with Crippen molar-refractivity contribution in [2.75, 3.05) is 34.4 Å². The minimum atomic E-state index is 0. The summed E-state index contributed by atoms with van der Waals surface area (Å²) in [6.07, 6.45) is 1.50. The number of methoxy groups -OCH3 is 2. The van der Waals surface area contributed by atoms with E-state index in [2.05, 4.69) is 51.0 Å². The summed E-state index contributed by atoms with van der Waals surface area (Å²) in [4.78, 5) is 6.95. The molecule has 0 spiro atoms. The Kier molecular flexibility index (Phi) is 8.07. The van der Waals surface area contributed by atoms with E-state index in [0.29, 0.717) is 18.1 Å². The Morgan fingerprint density at radius 3 is 2.55 bits per heavy atom. The summed E-state index contributed by atoms with van der Waals surface area (Å²) in [6.45, 7) is 11.1. The first kappa shape index (κ1) is 24.1. The predicted octanol–water partition coefficient (Wildman–Crippen LogP) is 3.84. The summed E-state index contributed by atoms with van der Waals surface area (Å²) in [5, 5.41) is 3.75. The van der Waals surface area contributed by atoms with Crippen LogP contribution in [0.5, 0.6) is 11.5 Å². The van der Waals surface area contributed by atoms with Gasteiger partial charge in [-0.1, -0.05) is 13.8 Å². The first-order valence-corrected chi connectivity index (χ1v) is 10.2. The number of halogens is 1. The van der Waals surface area contributed by atoms with Gasteiger partial charge in [0.2, 0.25) is 0 Å². The molecule has 1 heterocycles. The molecule has 6 nitrogen and oxygen atoms in total. The Bertz CT molecular complexity index is 738. The zero-order valence-corrected chi connectivity index (χ0v) is 21.1. The fourth-order valence-corrected chi connectivity index (χ4v) is 4.71. The summed E-state index contributed by atoms with van der Waals surface area (Å²) in [6, 6.07) is 4.48. The van der Waals surface area contributed by atoms with Crippen LogP contribution in [0.15, 0.2) is 17.1 Å². The molecule has 2 fully saturated rings. The fourth-order valence-electron chi connectivity index (χ4n) is 4.71. The number of rotatable bonds is 6. The van der Waals surface area contributed by atoms with Crippen LogP contribution in [0.25, 0.3) is 0 Å². The van der Waals surface area contributed by atoms with E-state index in [0.717, 1.165) is 43.6 Å². The number of nitrogens with one attached hydrogen (secondary N) is 1. The normalized spacial score (nSPS) is 24.8. The second kappa shape index (κ2) is 9.73. The molecule has 0 radical (unpaired) electrons. The Labute approximate surface area is 192 Å². The van der Waals surface area contributed by atoms with Crippen LogP contribution in [-0.4, -0.2) is 57.4 Å². The largest absolute Gasteiger partial charge is 0.493 e. The van der Waals surface area contributed by atoms with Gasteiger partial charge in [0.1, 0.15) is 0 Å². The maximum atomic E-state index is 5.94. The standard InChI is InChI=1S/C22H35N3O3.HI/c1-8-23-21(24-19-16-9-10-28-20(16)22(19,3)4)25(5)13-15-12-18(27-7)17(26-6)11-14(15)2;/h11-12,16,19-20H,8-10,13H2,1-7H3,(H,23,24);1H. The van der Waals surface area contributed by atoms with Crippen LogP contribution in [0.2, 0.25) is 0 Å². The molecule has 1 aliphatic carbocycles. The van der Waals surface area contributed by atoms with E-state index in [4.69, 9.17) is 19.2 Å². The zero-order chi connectivity index (χ0) is 20.5. The number of aryl methyl sites for hydroxylation is 1. The summed E-state index contributed by atoms with van der Waals surface area (Å²) in [7, 11) is 5.43. The molecule has 1 saturated heterocycles. The topological polar surface area (TPSA) is 55.3 Å². The molecule has 2 aliphatic rings. The van der Waals surface area contributed by atoms with Gasteiger partial charge in [-0.2, -0.15) is 0 Å². The lowest BCUT2D eigenvalue weighted by Gasteiger charge is -2.55. The molecular formula is C22H36IN3O3. The summed E-state index contributed by atoms with van der Waals surface area (Å²) < 4.78 is 16.8. The van der Waals surface area contributed by atoms with Crippen LogP contribution in [0, 0.1) is 18.3 Å². The maximum Gasteiger partial charge on any atom is 0.194 e. The lowest BCUT2D eigenvalue weighted by molar-refractivity contribution is -0.107. The van der Waals surface area contributed by atoms with E-state index in [1.165, 1.54) is 11.1 Å². The van der Waals surface area contributed by atoms with Crippen LogP contribution >= 0.6 is 24.0 Å². The van der Waals surface area contributed by atoms with E-state index in [9.17, 15) is 0 Å². The van der Waals surface area contributed by atoms with Gasteiger partial charge in [0.05, 0.1) is 20.3 Å². The average Bonchev–Trinajstić information content (AvgIpc) is 3.13. The summed E-state index contributed by atoms with van der Waals surface area (Å²) in [5.41, 5.74) is 2.49. The molecule has 29 heavy (non-hydrogen) atoms. The number of nitrogens with zero attached hydrogens (tertiary/aromatic N) is 2. The predicted molar refractivity (Wildman–Crippen MR) is 128 cm³/mol. The molecule has 7 heteroatoms. The number of guanidine groups is 1. The molecule has 1 aliphatic heterocycles. The fraction of sp³-hybridized carbons (Fsp3) is 0.682. The van der Waals surface area contributed by atoms with Crippen molar-refractivity contribution in [3.63, 3.8) is 0 Å². The van der Waals surface area contributed by atoms with Crippen molar-refractivity contribution in [2.24, 2.45) is 16.3 Å². The van der Waals surface area contributed by atoms with E-state index in [-0.39, 0.29) is 29.4 Å². The molecular weight excluding hydrogens is 481 g/mol. The summed E-state index contributed by atoms with van der Waals surface area (Å²) >= 11 is 0. The van der Waals surface area contributed by atoms with Gasteiger partial charge >= 0.3 is 0 Å². The third kappa shape index (κ3) is 4.60. The van der Waals surface area contributed by atoms with Crippen LogP contribution < -0.4 is 14.8 Å². The van der Waals surface area contributed by atoms with Gasteiger partial charge in [-0.15, -0.1) is 24.0 Å². The van der Waals surface area contributed by atoms with Crippen molar-refractivity contribution in [1.29, 1.82) is 0 Å². The van der Waals surface area contributed by atoms with Crippen LogP contribution in [-0.2, 0) is 11.3 Å². The van der Waals surface area contributed by atoms with E-state index >= 15 is 0 Å². The molecule has 3 rings (SSSR count). The third-order valence-electron chi connectivity index (χ3n) is 6.30. The maximum absolute atomic E-state index is 5.94. The molecule has 0 bridgehead atoms. The average molecular weight is 517 g/mol. The molecule has 1 aromatic rings.